The highest BCUT2D eigenvalue weighted by Gasteiger charge is 2.34. The summed E-state index contributed by atoms with van der Waals surface area (Å²) in [5, 5.41) is 0. The van der Waals surface area contributed by atoms with Crippen molar-refractivity contribution < 1.29 is 0 Å². The molecule has 0 spiro atoms. The molecule has 1 aliphatic carbocycles. The van der Waals surface area contributed by atoms with Gasteiger partial charge in [-0.2, -0.15) is 0 Å². The van der Waals surface area contributed by atoms with Crippen LogP contribution in [0.4, 0.5) is 0 Å². The van der Waals surface area contributed by atoms with E-state index in [4.69, 9.17) is 0 Å². The van der Waals surface area contributed by atoms with E-state index >= 15 is 0 Å². The van der Waals surface area contributed by atoms with Crippen molar-refractivity contribution >= 4 is 0 Å². The van der Waals surface area contributed by atoms with Crippen LogP contribution in [-0.4, -0.2) is 0 Å². The molecule has 0 heterocycles. The molecule has 0 heteroatoms. The zero-order valence-corrected chi connectivity index (χ0v) is 14.2. The van der Waals surface area contributed by atoms with Gasteiger partial charge in [0.05, 0.1) is 0 Å². The first-order valence-corrected chi connectivity index (χ1v) is 8.00. The van der Waals surface area contributed by atoms with Gasteiger partial charge in [0.25, 0.3) is 0 Å². The maximum absolute atomic E-state index is 2.42. The van der Waals surface area contributed by atoms with Crippen LogP contribution >= 0.6 is 0 Å². The van der Waals surface area contributed by atoms with E-state index in [0.717, 1.165) is 5.92 Å². The molecule has 0 saturated heterocycles. The fourth-order valence-corrected chi connectivity index (χ4v) is 3.12. The van der Waals surface area contributed by atoms with Gasteiger partial charge in [0.2, 0.25) is 0 Å². The summed E-state index contributed by atoms with van der Waals surface area (Å²) in [6.07, 6.45) is 17.4. The minimum Gasteiger partial charge on any atom is -0.0806 e. The van der Waals surface area contributed by atoms with Crippen LogP contribution in [0.3, 0.4) is 0 Å². The highest BCUT2D eigenvalue weighted by molar-refractivity contribution is 5.25. The molecule has 0 bridgehead atoms. The van der Waals surface area contributed by atoms with Crippen LogP contribution in [-0.2, 0) is 0 Å². The van der Waals surface area contributed by atoms with Crippen LogP contribution in [0.5, 0.6) is 0 Å². The Kier molecular flexibility index (Phi) is 6.52. The van der Waals surface area contributed by atoms with Gasteiger partial charge in [-0.3, -0.25) is 0 Å². The molecule has 0 aliphatic heterocycles. The minimum atomic E-state index is 0.455. The molecule has 1 aliphatic rings. The monoisotopic (exact) mass is 272 g/mol. The summed E-state index contributed by atoms with van der Waals surface area (Å²) in [6.45, 7) is 13.7. The Morgan fingerprint density at radius 3 is 2.25 bits per heavy atom. The predicted octanol–water partition coefficient (Wildman–Crippen LogP) is 6.47. The summed E-state index contributed by atoms with van der Waals surface area (Å²) in [5.74, 6) is 1.52. The number of hydrogen-bond acceptors (Lipinski definition) is 0. The molecule has 0 aromatic rings. The highest BCUT2D eigenvalue weighted by atomic mass is 14.4. The fourth-order valence-electron chi connectivity index (χ4n) is 3.12. The second kappa shape index (κ2) is 7.67. The second-order valence-electron chi connectivity index (χ2n) is 7.20. The van der Waals surface area contributed by atoms with E-state index < -0.39 is 0 Å². The van der Waals surface area contributed by atoms with E-state index in [1.807, 2.05) is 0 Å². The summed E-state index contributed by atoms with van der Waals surface area (Å²) in [7, 11) is 0. The van der Waals surface area contributed by atoms with Crippen LogP contribution in [0.2, 0.25) is 0 Å². The second-order valence-corrected chi connectivity index (χ2v) is 7.20. The molecule has 2 unspecified atom stereocenters. The summed E-state index contributed by atoms with van der Waals surface area (Å²) >= 11 is 0. The Morgan fingerprint density at radius 1 is 1.00 bits per heavy atom. The molecule has 0 aromatic carbocycles. The first-order chi connectivity index (χ1) is 9.34. The van der Waals surface area contributed by atoms with Crippen LogP contribution in [0.1, 0.15) is 60.8 Å². The Labute approximate surface area is 126 Å². The topological polar surface area (TPSA) is 0 Å². The first kappa shape index (κ1) is 17.0. The Bertz CT molecular complexity index is 411. The lowest BCUT2D eigenvalue weighted by Gasteiger charge is -2.41. The average Bonchev–Trinajstić information content (AvgIpc) is 2.35. The molecule has 112 valence electrons. The number of rotatable bonds is 4. The Balaban J connectivity index is 2.57. The molecule has 0 amide bonds. The average molecular weight is 272 g/mol. The molecule has 20 heavy (non-hydrogen) atoms. The van der Waals surface area contributed by atoms with Crippen molar-refractivity contribution in [3.63, 3.8) is 0 Å². The summed E-state index contributed by atoms with van der Waals surface area (Å²) in [5.41, 5.74) is 3.18. The van der Waals surface area contributed by atoms with Crippen molar-refractivity contribution in [2.24, 2.45) is 17.3 Å². The third-order valence-electron chi connectivity index (χ3n) is 4.78. The molecule has 0 nitrogen and oxygen atoms in total. The van der Waals surface area contributed by atoms with E-state index in [9.17, 15) is 0 Å². The predicted molar refractivity (Wildman–Crippen MR) is 91.8 cm³/mol. The summed E-state index contributed by atoms with van der Waals surface area (Å²) < 4.78 is 0. The molecule has 1 rings (SSSR count). The van der Waals surface area contributed by atoms with Gasteiger partial charge in [0, 0.05) is 0 Å². The Morgan fingerprint density at radius 2 is 1.65 bits per heavy atom. The molecule has 0 N–H and O–H groups in total. The Hall–Kier alpha value is -1.04. The van der Waals surface area contributed by atoms with Crippen LogP contribution in [0, 0.1) is 17.3 Å². The van der Waals surface area contributed by atoms with Gasteiger partial charge in [-0.25, -0.2) is 0 Å². The van der Waals surface area contributed by atoms with Gasteiger partial charge in [-0.1, -0.05) is 81.2 Å². The summed E-state index contributed by atoms with van der Waals surface area (Å²) in [4.78, 5) is 0. The number of hydrogen-bond donors (Lipinski definition) is 0. The van der Waals surface area contributed by atoms with E-state index in [-0.39, 0.29) is 0 Å². The van der Waals surface area contributed by atoms with Crippen molar-refractivity contribution in [2.75, 3.05) is 0 Å². The highest BCUT2D eigenvalue weighted by Crippen LogP contribution is 2.44. The maximum Gasteiger partial charge on any atom is -0.0153 e. The van der Waals surface area contributed by atoms with Crippen LogP contribution in [0.15, 0.2) is 47.6 Å². The standard InChI is InChI=1S/C20H32/c1-16(2)17(3)12-9-7-8-10-14-19-18(4)13-11-15-20(19,5)6/h7-10,12,14,18-19H,11,13,15H2,1-6H3. The third-order valence-corrected chi connectivity index (χ3v) is 4.78. The van der Waals surface area contributed by atoms with Gasteiger partial charge in [0.1, 0.15) is 0 Å². The van der Waals surface area contributed by atoms with E-state index in [2.05, 4.69) is 78.0 Å². The maximum atomic E-state index is 2.42. The van der Waals surface area contributed by atoms with Crippen molar-refractivity contribution in [1.29, 1.82) is 0 Å². The summed E-state index contributed by atoms with van der Waals surface area (Å²) in [6, 6.07) is 0. The molecule has 2 atom stereocenters. The van der Waals surface area contributed by atoms with Crippen molar-refractivity contribution in [1.82, 2.24) is 0 Å². The van der Waals surface area contributed by atoms with Crippen molar-refractivity contribution in [3.8, 4) is 0 Å². The molecule has 0 radical (unpaired) electrons. The molecular formula is C20H32. The quantitative estimate of drug-likeness (QED) is 0.514. The molecular weight excluding hydrogens is 240 g/mol. The largest absolute Gasteiger partial charge is 0.0806 e. The van der Waals surface area contributed by atoms with Gasteiger partial charge in [-0.15, -0.1) is 0 Å². The zero-order chi connectivity index (χ0) is 15.2. The third kappa shape index (κ3) is 5.15. The van der Waals surface area contributed by atoms with Crippen molar-refractivity contribution in [3.05, 3.63) is 47.6 Å². The minimum absolute atomic E-state index is 0.455. The SMILES string of the molecule is CC(C)=C(C)C=CC=CC=CC1C(C)CCCC1(C)C. The van der Waals surface area contributed by atoms with Gasteiger partial charge in [-0.05, 0) is 44.4 Å². The van der Waals surface area contributed by atoms with E-state index in [1.165, 1.54) is 30.4 Å². The zero-order valence-electron chi connectivity index (χ0n) is 14.2. The molecule has 0 aromatic heterocycles. The van der Waals surface area contributed by atoms with Gasteiger partial charge >= 0.3 is 0 Å². The van der Waals surface area contributed by atoms with Gasteiger partial charge < -0.3 is 0 Å². The van der Waals surface area contributed by atoms with Crippen molar-refractivity contribution in [2.45, 2.75) is 60.8 Å². The smallest absolute Gasteiger partial charge is 0.0153 e. The van der Waals surface area contributed by atoms with E-state index in [0.29, 0.717) is 11.3 Å². The lowest BCUT2D eigenvalue weighted by molar-refractivity contribution is 0.123. The lowest BCUT2D eigenvalue weighted by Crippen LogP contribution is -2.32. The molecule has 1 fully saturated rings. The number of allylic oxidation sites excluding steroid dienone is 8. The van der Waals surface area contributed by atoms with Crippen LogP contribution < -0.4 is 0 Å². The van der Waals surface area contributed by atoms with E-state index in [1.54, 1.807) is 0 Å². The van der Waals surface area contributed by atoms with Crippen LogP contribution in [0.25, 0.3) is 0 Å². The fraction of sp³-hybridized carbons (Fsp3) is 0.600. The molecule has 1 saturated carbocycles. The first-order valence-electron chi connectivity index (χ1n) is 8.00. The van der Waals surface area contributed by atoms with Gasteiger partial charge in [0.15, 0.2) is 0 Å². The normalized spacial score (nSPS) is 26.7. The lowest BCUT2D eigenvalue weighted by atomic mass is 9.64.